The number of carbonyl (C=O) groups excluding carboxylic acids is 2. The molecule has 2 amide bonds. The molecule has 6 nitrogen and oxygen atoms in total. The van der Waals surface area contributed by atoms with Crippen LogP contribution in [0.2, 0.25) is 0 Å². The van der Waals surface area contributed by atoms with E-state index in [-0.39, 0.29) is 11.5 Å². The smallest absolute Gasteiger partial charge is 0.315 e. The van der Waals surface area contributed by atoms with Crippen LogP contribution in [-0.4, -0.2) is 36.1 Å². The molecule has 2 heterocycles. The Morgan fingerprint density at radius 1 is 1.15 bits per heavy atom. The summed E-state index contributed by atoms with van der Waals surface area (Å²) < 4.78 is 5.46. The van der Waals surface area contributed by atoms with E-state index in [0.717, 1.165) is 42.9 Å². The Bertz CT molecular complexity index is 705. The van der Waals surface area contributed by atoms with Gasteiger partial charge in [-0.2, -0.15) is 0 Å². The summed E-state index contributed by atoms with van der Waals surface area (Å²) in [5.74, 6) is 1.33. The predicted octanol–water partition coefficient (Wildman–Crippen LogP) is 2.84. The van der Waals surface area contributed by atoms with E-state index in [1.54, 1.807) is 0 Å². The topological polar surface area (TPSA) is 80.3 Å². The normalized spacial score (nSPS) is 36.7. The summed E-state index contributed by atoms with van der Waals surface area (Å²) in [5.41, 5.74) is 1.36. The molecular weight excluding hydrogens is 362 g/mol. The van der Waals surface area contributed by atoms with Crippen molar-refractivity contribution in [1.29, 1.82) is 0 Å². The van der Waals surface area contributed by atoms with Crippen molar-refractivity contribution in [2.75, 3.05) is 18.5 Å². The molecule has 7 heteroatoms. The fourth-order valence-electron chi connectivity index (χ4n) is 6.25. The van der Waals surface area contributed by atoms with E-state index in [1.807, 2.05) is 0 Å². The van der Waals surface area contributed by atoms with Crippen LogP contribution in [0.3, 0.4) is 0 Å². The fraction of sp³-hybridized carbons (Fsp3) is 0.750. The fourth-order valence-corrected chi connectivity index (χ4v) is 7.07. The zero-order valence-corrected chi connectivity index (χ0v) is 16.4. The Morgan fingerprint density at radius 2 is 1.85 bits per heavy atom. The summed E-state index contributed by atoms with van der Waals surface area (Å²) >= 11 is 1.44. The molecule has 0 aromatic carbocycles. The Morgan fingerprint density at radius 3 is 2.48 bits per heavy atom. The van der Waals surface area contributed by atoms with Crippen molar-refractivity contribution in [3.8, 4) is 0 Å². The van der Waals surface area contributed by atoms with E-state index < -0.39 is 11.8 Å². The first-order valence-corrected chi connectivity index (χ1v) is 11.1. The van der Waals surface area contributed by atoms with Crippen LogP contribution >= 0.6 is 11.3 Å². The number of thiazole rings is 1. The van der Waals surface area contributed by atoms with Gasteiger partial charge < -0.3 is 10.1 Å². The highest BCUT2D eigenvalue weighted by Gasteiger charge is 2.52. The second-order valence-electron chi connectivity index (χ2n) is 9.03. The Hall–Kier alpha value is -1.47. The summed E-state index contributed by atoms with van der Waals surface area (Å²) in [6, 6.07) is 0. The minimum absolute atomic E-state index is 0.0318. The third-order valence-corrected chi connectivity index (χ3v) is 7.78. The minimum atomic E-state index is -0.639. The van der Waals surface area contributed by atoms with Gasteiger partial charge in [-0.15, -0.1) is 11.3 Å². The van der Waals surface area contributed by atoms with E-state index in [1.165, 1.54) is 49.9 Å². The number of nitrogens with one attached hydrogen (secondary N) is 2. The highest BCUT2D eigenvalue weighted by Crippen LogP contribution is 2.60. The maximum absolute atomic E-state index is 12.2. The maximum atomic E-state index is 12.2. The number of hydrogen-bond donors (Lipinski definition) is 2. The summed E-state index contributed by atoms with van der Waals surface area (Å²) in [5, 5.41) is 7.99. The van der Waals surface area contributed by atoms with Gasteiger partial charge in [0.15, 0.2) is 5.13 Å². The Labute approximate surface area is 163 Å². The first kappa shape index (κ1) is 17.6. The van der Waals surface area contributed by atoms with E-state index in [2.05, 4.69) is 16.0 Å². The monoisotopic (exact) mass is 389 g/mol. The second kappa shape index (κ2) is 6.85. The van der Waals surface area contributed by atoms with Gasteiger partial charge in [-0.1, -0.05) is 0 Å². The summed E-state index contributed by atoms with van der Waals surface area (Å²) in [4.78, 5) is 29.0. The van der Waals surface area contributed by atoms with Gasteiger partial charge in [0.1, 0.15) is 0 Å². The van der Waals surface area contributed by atoms with Gasteiger partial charge >= 0.3 is 11.8 Å². The highest BCUT2D eigenvalue weighted by molar-refractivity contribution is 7.14. The summed E-state index contributed by atoms with van der Waals surface area (Å²) in [6.07, 6.45) is 9.92. The number of amides is 2. The molecule has 1 aromatic rings. The van der Waals surface area contributed by atoms with Crippen molar-refractivity contribution in [1.82, 2.24) is 10.3 Å². The summed E-state index contributed by atoms with van der Waals surface area (Å²) in [7, 11) is 0. The number of nitrogens with zero attached hydrogens (tertiary/aromatic N) is 1. The first-order chi connectivity index (χ1) is 13.1. The van der Waals surface area contributed by atoms with E-state index in [4.69, 9.17) is 9.72 Å². The zero-order chi connectivity index (χ0) is 18.4. The van der Waals surface area contributed by atoms with Crippen molar-refractivity contribution >= 4 is 28.3 Å². The molecule has 1 saturated heterocycles. The highest BCUT2D eigenvalue weighted by atomic mass is 32.1. The number of aromatic nitrogens is 1. The third-order valence-electron chi connectivity index (χ3n) is 7.03. The number of carbonyl (C=O) groups is 2. The van der Waals surface area contributed by atoms with Gasteiger partial charge in [0, 0.05) is 23.9 Å². The Kier molecular flexibility index (Phi) is 4.47. The molecule has 1 aromatic heterocycles. The average Bonchev–Trinajstić information content (AvgIpc) is 3.30. The predicted molar refractivity (Wildman–Crippen MR) is 103 cm³/mol. The lowest BCUT2D eigenvalue weighted by Crippen LogP contribution is -2.48. The van der Waals surface area contributed by atoms with Crippen LogP contribution in [0.25, 0.3) is 0 Å². The summed E-state index contributed by atoms with van der Waals surface area (Å²) in [6.45, 7) is 1.13. The van der Waals surface area contributed by atoms with E-state index in [9.17, 15) is 9.59 Å². The van der Waals surface area contributed by atoms with Gasteiger partial charge in [0.2, 0.25) is 0 Å². The second-order valence-corrected chi connectivity index (χ2v) is 9.89. The van der Waals surface area contributed by atoms with Crippen molar-refractivity contribution in [2.45, 2.75) is 62.9 Å². The molecule has 4 aliphatic carbocycles. The molecule has 4 saturated carbocycles. The van der Waals surface area contributed by atoms with Gasteiger partial charge in [0.25, 0.3) is 0 Å². The van der Waals surface area contributed by atoms with Crippen LogP contribution < -0.4 is 10.6 Å². The molecule has 1 atom stereocenters. The van der Waals surface area contributed by atoms with Gasteiger partial charge in [-0.3, -0.25) is 14.9 Å². The lowest BCUT2D eigenvalue weighted by atomic mass is 9.49. The van der Waals surface area contributed by atoms with Crippen LogP contribution in [0, 0.1) is 17.8 Å². The molecule has 1 unspecified atom stereocenters. The average molecular weight is 390 g/mol. The van der Waals surface area contributed by atoms with Gasteiger partial charge in [-0.05, 0) is 69.1 Å². The van der Waals surface area contributed by atoms with Crippen LogP contribution in [0.5, 0.6) is 0 Å². The number of rotatable bonds is 4. The lowest BCUT2D eigenvalue weighted by molar-refractivity contribution is -0.136. The quantitative estimate of drug-likeness (QED) is 0.776. The lowest BCUT2D eigenvalue weighted by Gasteiger charge is -2.56. The van der Waals surface area contributed by atoms with E-state index >= 15 is 0 Å². The van der Waals surface area contributed by atoms with Crippen LogP contribution in [0.15, 0.2) is 5.38 Å². The molecule has 5 fully saturated rings. The minimum Gasteiger partial charge on any atom is -0.376 e. The van der Waals surface area contributed by atoms with Crippen molar-refractivity contribution in [3.63, 3.8) is 0 Å². The molecular formula is C20H27N3O3S. The maximum Gasteiger partial charge on any atom is 0.315 e. The number of ether oxygens (including phenoxy) is 1. The third kappa shape index (κ3) is 3.40. The Balaban J connectivity index is 1.21. The van der Waals surface area contributed by atoms with Crippen LogP contribution in [0.4, 0.5) is 5.13 Å². The number of anilines is 1. The molecule has 27 heavy (non-hydrogen) atoms. The first-order valence-electron chi connectivity index (χ1n) is 10.3. The van der Waals surface area contributed by atoms with Crippen molar-refractivity contribution in [3.05, 3.63) is 11.1 Å². The van der Waals surface area contributed by atoms with Crippen molar-refractivity contribution in [2.24, 2.45) is 17.8 Å². The van der Waals surface area contributed by atoms with Crippen molar-refractivity contribution < 1.29 is 14.3 Å². The van der Waals surface area contributed by atoms with Crippen LogP contribution in [0.1, 0.15) is 57.1 Å². The molecule has 146 valence electrons. The number of hydrogen-bond acceptors (Lipinski definition) is 5. The standard InChI is InChI=1S/C20H27N3O3S/c24-17(21-10-15-2-1-3-26-15)18(25)23-19-22-16(11-27-19)20-7-12-4-13(8-20)6-14(5-12)9-20/h11-15H,1-10H2,(H,21,24)(H,22,23,25). The van der Waals surface area contributed by atoms with Crippen LogP contribution in [-0.2, 0) is 19.7 Å². The molecule has 6 rings (SSSR count). The van der Waals surface area contributed by atoms with Gasteiger partial charge in [-0.25, -0.2) is 4.98 Å². The molecule has 0 radical (unpaired) electrons. The SMILES string of the molecule is O=C(NCC1CCCO1)C(=O)Nc1nc(C23CC4CC(CC(C4)C2)C3)cs1. The molecule has 4 bridgehead atoms. The van der Waals surface area contributed by atoms with E-state index in [0.29, 0.717) is 11.7 Å². The largest absolute Gasteiger partial charge is 0.376 e. The molecule has 1 aliphatic heterocycles. The molecule has 5 aliphatic rings. The van der Waals surface area contributed by atoms with Gasteiger partial charge in [0.05, 0.1) is 11.8 Å². The zero-order valence-electron chi connectivity index (χ0n) is 15.5. The molecule has 0 spiro atoms. The molecule has 2 N–H and O–H groups in total.